The maximum atomic E-state index is 9.46. The smallest absolute Gasteiger partial charge is 0.0846 e. The second-order valence-electron chi connectivity index (χ2n) is 3.95. The summed E-state index contributed by atoms with van der Waals surface area (Å²) in [4.78, 5) is 0. The fourth-order valence-electron chi connectivity index (χ4n) is 1.87. The van der Waals surface area contributed by atoms with E-state index in [1.165, 1.54) is 5.56 Å². The van der Waals surface area contributed by atoms with Crippen LogP contribution >= 0.6 is 11.6 Å². The first kappa shape index (κ1) is 11.5. The summed E-state index contributed by atoms with van der Waals surface area (Å²) in [6.45, 7) is 7.85. The van der Waals surface area contributed by atoms with Gasteiger partial charge >= 0.3 is 0 Å². The van der Waals surface area contributed by atoms with E-state index in [0.717, 1.165) is 16.7 Å². The molecule has 0 spiro atoms. The zero-order chi connectivity index (χ0) is 10.9. The molecular formula is C12H17ClO. The molecule has 0 radical (unpaired) electrons. The largest absolute Gasteiger partial charge is 0.392 e. The van der Waals surface area contributed by atoms with E-state index in [9.17, 15) is 5.11 Å². The number of hydrogen-bond acceptors (Lipinski definition) is 1. The van der Waals surface area contributed by atoms with Crippen molar-refractivity contribution in [2.45, 2.75) is 39.2 Å². The monoisotopic (exact) mass is 212 g/mol. The van der Waals surface area contributed by atoms with Gasteiger partial charge in [0.05, 0.1) is 11.5 Å². The van der Waals surface area contributed by atoms with E-state index in [2.05, 4.69) is 19.1 Å². The minimum Gasteiger partial charge on any atom is -0.392 e. The zero-order valence-electron chi connectivity index (χ0n) is 9.13. The van der Waals surface area contributed by atoms with Gasteiger partial charge in [-0.2, -0.15) is 0 Å². The molecule has 1 N–H and O–H groups in total. The van der Waals surface area contributed by atoms with E-state index in [4.69, 9.17) is 11.6 Å². The van der Waals surface area contributed by atoms with Crippen LogP contribution in [0.25, 0.3) is 0 Å². The van der Waals surface area contributed by atoms with E-state index in [1.807, 2.05) is 13.8 Å². The van der Waals surface area contributed by atoms with Gasteiger partial charge in [0.15, 0.2) is 0 Å². The number of hydrogen-bond donors (Lipinski definition) is 1. The minimum atomic E-state index is -0.517. The predicted octanol–water partition coefficient (Wildman–Crippen LogP) is 3.27. The summed E-state index contributed by atoms with van der Waals surface area (Å²) in [6, 6.07) is 4.19. The number of alkyl halides is 1. The van der Waals surface area contributed by atoms with E-state index < -0.39 is 6.10 Å². The van der Waals surface area contributed by atoms with Gasteiger partial charge in [-0.1, -0.05) is 17.7 Å². The van der Waals surface area contributed by atoms with Crippen molar-refractivity contribution in [3.05, 3.63) is 34.4 Å². The number of benzene rings is 1. The molecule has 1 aromatic carbocycles. The average molecular weight is 213 g/mol. The summed E-state index contributed by atoms with van der Waals surface area (Å²) in [7, 11) is 0. The second-order valence-corrected chi connectivity index (χ2v) is 4.42. The van der Waals surface area contributed by atoms with Crippen LogP contribution in [-0.4, -0.2) is 11.2 Å². The number of rotatable bonds is 2. The quantitative estimate of drug-likeness (QED) is 0.747. The first-order chi connectivity index (χ1) is 6.43. The van der Waals surface area contributed by atoms with Crippen molar-refractivity contribution >= 4 is 11.6 Å². The molecule has 0 saturated heterocycles. The first-order valence-electron chi connectivity index (χ1n) is 4.83. The van der Waals surface area contributed by atoms with Gasteiger partial charge in [0, 0.05) is 0 Å². The van der Waals surface area contributed by atoms with Crippen molar-refractivity contribution in [3.63, 3.8) is 0 Å². The Hall–Kier alpha value is -0.530. The van der Waals surface area contributed by atoms with Crippen LogP contribution in [0.1, 0.15) is 34.6 Å². The van der Waals surface area contributed by atoms with Gasteiger partial charge in [-0.3, -0.25) is 0 Å². The van der Waals surface area contributed by atoms with Crippen molar-refractivity contribution in [1.82, 2.24) is 0 Å². The molecule has 14 heavy (non-hydrogen) atoms. The summed E-state index contributed by atoms with van der Waals surface area (Å²) in [5.74, 6) is 0. The van der Waals surface area contributed by atoms with Crippen LogP contribution < -0.4 is 0 Å². The molecule has 2 heteroatoms. The SMILES string of the molecule is Cc1cc(C)c(C(Cl)C(C)O)c(C)c1. The normalized spacial score (nSPS) is 15.3. The highest BCUT2D eigenvalue weighted by molar-refractivity contribution is 6.21. The Morgan fingerprint density at radius 2 is 1.57 bits per heavy atom. The number of aliphatic hydroxyl groups is 1. The van der Waals surface area contributed by atoms with Crippen LogP contribution in [0, 0.1) is 20.8 Å². The topological polar surface area (TPSA) is 20.2 Å². The molecule has 0 aromatic heterocycles. The number of aliphatic hydroxyl groups excluding tert-OH is 1. The Balaban J connectivity index is 3.20. The molecule has 0 aliphatic heterocycles. The van der Waals surface area contributed by atoms with E-state index in [-0.39, 0.29) is 5.38 Å². The van der Waals surface area contributed by atoms with E-state index in [0.29, 0.717) is 0 Å². The molecule has 0 saturated carbocycles. The van der Waals surface area contributed by atoms with E-state index in [1.54, 1.807) is 6.92 Å². The zero-order valence-corrected chi connectivity index (χ0v) is 9.89. The lowest BCUT2D eigenvalue weighted by Crippen LogP contribution is -2.11. The molecule has 1 nitrogen and oxygen atoms in total. The van der Waals surface area contributed by atoms with Crippen molar-refractivity contribution < 1.29 is 5.11 Å². The van der Waals surface area contributed by atoms with Gasteiger partial charge in [-0.25, -0.2) is 0 Å². The molecule has 0 heterocycles. The van der Waals surface area contributed by atoms with Crippen LogP contribution in [0.4, 0.5) is 0 Å². The summed E-state index contributed by atoms with van der Waals surface area (Å²) in [5.41, 5.74) is 4.61. The fourth-order valence-corrected chi connectivity index (χ4v) is 2.21. The van der Waals surface area contributed by atoms with Gasteiger partial charge in [0.1, 0.15) is 0 Å². The fraction of sp³-hybridized carbons (Fsp3) is 0.500. The molecule has 1 aromatic rings. The summed E-state index contributed by atoms with van der Waals surface area (Å²) in [6.07, 6.45) is -0.517. The van der Waals surface area contributed by atoms with Crippen molar-refractivity contribution in [1.29, 1.82) is 0 Å². The molecule has 0 bridgehead atoms. The maximum Gasteiger partial charge on any atom is 0.0846 e. The molecule has 0 amide bonds. The van der Waals surface area contributed by atoms with Gasteiger partial charge in [-0.15, -0.1) is 11.6 Å². The third-order valence-electron chi connectivity index (χ3n) is 2.44. The molecule has 0 aliphatic rings. The highest BCUT2D eigenvalue weighted by atomic mass is 35.5. The Morgan fingerprint density at radius 3 is 1.93 bits per heavy atom. The van der Waals surface area contributed by atoms with Gasteiger partial charge < -0.3 is 5.11 Å². The standard InChI is InChI=1S/C12H17ClO/c1-7-5-8(2)11(9(3)6-7)12(13)10(4)14/h5-6,10,12,14H,1-4H3. The molecule has 78 valence electrons. The van der Waals surface area contributed by atoms with Gasteiger partial charge in [0.25, 0.3) is 0 Å². The number of aryl methyl sites for hydroxylation is 3. The lowest BCUT2D eigenvalue weighted by Gasteiger charge is -2.18. The summed E-state index contributed by atoms with van der Waals surface area (Å²) in [5, 5.41) is 9.15. The van der Waals surface area contributed by atoms with Crippen LogP contribution in [-0.2, 0) is 0 Å². The molecule has 2 unspecified atom stereocenters. The summed E-state index contributed by atoms with van der Waals surface area (Å²) < 4.78 is 0. The number of halogens is 1. The van der Waals surface area contributed by atoms with Crippen LogP contribution in [0.2, 0.25) is 0 Å². The van der Waals surface area contributed by atoms with Crippen molar-refractivity contribution in [3.8, 4) is 0 Å². The molecule has 0 fully saturated rings. The first-order valence-corrected chi connectivity index (χ1v) is 5.27. The Labute approximate surface area is 90.7 Å². The van der Waals surface area contributed by atoms with Crippen LogP contribution in [0.3, 0.4) is 0 Å². The van der Waals surface area contributed by atoms with Crippen molar-refractivity contribution in [2.75, 3.05) is 0 Å². The van der Waals surface area contributed by atoms with Crippen LogP contribution in [0.15, 0.2) is 12.1 Å². The van der Waals surface area contributed by atoms with Crippen LogP contribution in [0.5, 0.6) is 0 Å². The molecule has 1 rings (SSSR count). The van der Waals surface area contributed by atoms with Gasteiger partial charge in [0.2, 0.25) is 0 Å². The Bertz CT molecular complexity index is 308. The minimum absolute atomic E-state index is 0.310. The average Bonchev–Trinajstić information content (AvgIpc) is 2.01. The van der Waals surface area contributed by atoms with Crippen molar-refractivity contribution in [2.24, 2.45) is 0 Å². The predicted molar refractivity (Wildman–Crippen MR) is 60.9 cm³/mol. The second kappa shape index (κ2) is 4.33. The third-order valence-corrected chi connectivity index (χ3v) is 3.02. The highest BCUT2D eigenvalue weighted by Crippen LogP contribution is 2.30. The lowest BCUT2D eigenvalue weighted by atomic mass is 9.95. The lowest BCUT2D eigenvalue weighted by molar-refractivity contribution is 0.189. The highest BCUT2D eigenvalue weighted by Gasteiger charge is 2.18. The third kappa shape index (κ3) is 2.28. The summed E-state index contributed by atoms with van der Waals surface area (Å²) >= 11 is 6.15. The Morgan fingerprint density at radius 1 is 1.14 bits per heavy atom. The molecular weight excluding hydrogens is 196 g/mol. The molecule has 0 aliphatic carbocycles. The maximum absolute atomic E-state index is 9.46. The Kier molecular flexibility index (Phi) is 3.57. The molecule has 2 atom stereocenters. The van der Waals surface area contributed by atoms with Gasteiger partial charge in [-0.05, 0) is 44.4 Å². The van der Waals surface area contributed by atoms with E-state index >= 15 is 0 Å².